The average molecular weight is 562 g/mol. The summed E-state index contributed by atoms with van der Waals surface area (Å²) in [6.45, 7) is 0.670. The predicted molar refractivity (Wildman–Crippen MR) is 156 cm³/mol. The zero-order chi connectivity index (χ0) is 27.6. The molecule has 0 spiro atoms. The van der Waals surface area contributed by atoms with Crippen LogP contribution in [-0.4, -0.2) is 30.4 Å². The van der Waals surface area contributed by atoms with E-state index in [4.69, 9.17) is 27.9 Å². The summed E-state index contributed by atoms with van der Waals surface area (Å²) in [6.07, 6.45) is 0.778. The Bertz CT molecular complexity index is 1360. The van der Waals surface area contributed by atoms with Crippen molar-refractivity contribution in [2.75, 3.05) is 13.7 Å². The maximum absolute atomic E-state index is 13.8. The molecule has 0 saturated heterocycles. The molecule has 4 rings (SSSR count). The summed E-state index contributed by atoms with van der Waals surface area (Å²) in [4.78, 5) is 29.2. The Hall–Kier alpha value is -3.80. The number of nitrogens with one attached hydrogen (secondary N) is 1. The molecular weight excluding hydrogens is 531 g/mol. The number of nitrogens with zero attached hydrogens (tertiary/aromatic N) is 1. The first kappa shape index (κ1) is 28.2. The minimum atomic E-state index is -0.822. The number of amides is 2. The fourth-order valence-electron chi connectivity index (χ4n) is 4.32. The molecule has 4 aromatic rings. The number of ether oxygens (including phenoxy) is 1. The van der Waals surface area contributed by atoms with E-state index in [1.807, 2.05) is 78.9 Å². The highest BCUT2D eigenvalue weighted by Gasteiger charge is 2.31. The van der Waals surface area contributed by atoms with E-state index in [0.29, 0.717) is 23.0 Å². The molecular formula is C32H30Cl2N2O3. The van der Waals surface area contributed by atoms with Gasteiger partial charge in [-0.25, -0.2) is 0 Å². The van der Waals surface area contributed by atoms with Gasteiger partial charge < -0.3 is 15.0 Å². The monoisotopic (exact) mass is 560 g/mol. The lowest BCUT2D eigenvalue weighted by molar-refractivity contribution is -0.141. The van der Waals surface area contributed by atoms with Gasteiger partial charge in [0.15, 0.2) is 0 Å². The van der Waals surface area contributed by atoms with Crippen molar-refractivity contribution in [1.82, 2.24) is 10.2 Å². The topological polar surface area (TPSA) is 58.6 Å². The first-order valence-electron chi connectivity index (χ1n) is 12.7. The van der Waals surface area contributed by atoms with Crippen molar-refractivity contribution < 1.29 is 14.3 Å². The predicted octanol–water partition coefficient (Wildman–Crippen LogP) is 6.67. The number of methoxy groups -OCH3 is 1. The Balaban J connectivity index is 1.59. The lowest BCUT2D eigenvalue weighted by Crippen LogP contribution is -2.44. The van der Waals surface area contributed by atoms with Crippen LogP contribution in [0.25, 0.3) is 0 Å². The molecule has 0 aliphatic rings. The third kappa shape index (κ3) is 8.09. The average Bonchev–Trinajstić information content (AvgIpc) is 2.96. The van der Waals surface area contributed by atoms with Crippen LogP contribution in [-0.2, 0) is 29.0 Å². The Morgan fingerprint density at radius 3 is 1.92 bits per heavy atom. The van der Waals surface area contributed by atoms with E-state index in [2.05, 4.69) is 5.32 Å². The van der Waals surface area contributed by atoms with Gasteiger partial charge in [0.05, 0.1) is 13.5 Å². The molecule has 2 amide bonds. The van der Waals surface area contributed by atoms with Crippen molar-refractivity contribution in [3.05, 3.63) is 135 Å². The number of hydrogen-bond donors (Lipinski definition) is 1. The van der Waals surface area contributed by atoms with Crippen LogP contribution in [0.3, 0.4) is 0 Å². The summed E-state index contributed by atoms with van der Waals surface area (Å²) in [5.41, 5.74) is 3.50. The van der Waals surface area contributed by atoms with Crippen LogP contribution in [0.1, 0.15) is 28.3 Å². The van der Waals surface area contributed by atoms with Gasteiger partial charge in [-0.3, -0.25) is 9.59 Å². The molecule has 0 aliphatic carbocycles. The molecule has 0 fully saturated rings. The quantitative estimate of drug-likeness (QED) is 0.223. The number of carbonyl (C=O) groups is 2. The Morgan fingerprint density at radius 1 is 0.769 bits per heavy atom. The van der Waals surface area contributed by atoms with Gasteiger partial charge in [0, 0.05) is 23.1 Å². The molecule has 7 heteroatoms. The van der Waals surface area contributed by atoms with Crippen molar-refractivity contribution in [1.29, 1.82) is 0 Å². The molecule has 0 unspecified atom stereocenters. The van der Waals surface area contributed by atoms with Gasteiger partial charge in [0.2, 0.25) is 11.8 Å². The Kier molecular flexibility index (Phi) is 10.0. The van der Waals surface area contributed by atoms with Gasteiger partial charge >= 0.3 is 0 Å². The van der Waals surface area contributed by atoms with Gasteiger partial charge in [-0.05, 0) is 65.1 Å². The van der Waals surface area contributed by atoms with Crippen molar-refractivity contribution in [3.8, 4) is 5.75 Å². The van der Waals surface area contributed by atoms with Crippen LogP contribution in [0, 0.1) is 0 Å². The van der Waals surface area contributed by atoms with Crippen LogP contribution >= 0.6 is 23.2 Å². The van der Waals surface area contributed by atoms with E-state index in [1.54, 1.807) is 36.3 Å². The number of rotatable bonds is 11. The third-order valence-electron chi connectivity index (χ3n) is 6.40. The van der Waals surface area contributed by atoms with E-state index in [1.165, 1.54) is 0 Å². The molecule has 0 bridgehead atoms. The fraction of sp³-hybridized carbons (Fsp3) is 0.188. The summed E-state index contributed by atoms with van der Waals surface area (Å²) < 4.78 is 5.22. The second-order valence-corrected chi connectivity index (χ2v) is 10.0. The van der Waals surface area contributed by atoms with Gasteiger partial charge in [0.25, 0.3) is 0 Å². The fourth-order valence-corrected chi connectivity index (χ4v) is 4.57. The van der Waals surface area contributed by atoms with Crippen LogP contribution in [0.2, 0.25) is 10.0 Å². The summed E-state index contributed by atoms with van der Waals surface area (Å²) >= 11 is 12.1. The molecule has 0 heterocycles. The zero-order valence-corrected chi connectivity index (χ0v) is 23.2. The molecule has 39 heavy (non-hydrogen) atoms. The maximum atomic E-state index is 13.8. The van der Waals surface area contributed by atoms with E-state index in [0.717, 1.165) is 28.0 Å². The SMILES string of the molecule is COc1ccc(CCNC(=O)[C@H](c2ccccc2)N(Cc2ccc(Cl)cc2)C(=O)Cc2ccc(Cl)cc2)cc1. The number of halogens is 2. The normalized spacial score (nSPS) is 11.5. The van der Waals surface area contributed by atoms with Crippen molar-refractivity contribution >= 4 is 35.0 Å². The van der Waals surface area contributed by atoms with Crippen LogP contribution in [0.5, 0.6) is 5.75 Å². The van der Waals surface area contributed by atoms with Crippen molar-refractivity contribution in [2.24, 2.45) is 0 Å². The number of carbonyl (C=O) groups excluding carboxylic acids is 2. The Morgan fingerprint density at radius 2 is 1.33 bits per heavy atom. The highest BCUT2D eigenvalue weighted by atomic mass is 35.5. The van der Waals surface area contributed by atoms with Crippen molar-refractivity contribution in [2.45, 2.75) is 25.4 Å². The van der Waals surface area contributed by atoms with Gasteiger partial charge in [-0.1, -0.05) is 89.9 Å². The van der Waals surface area contributed by atoms with E-state index in [-0.39, 0.29) is 24.8 Å². The molecule has 0 aliphatic heterocycles. The number of benzene rings is 4. The highest BCUT2D eigenvalue weighted by molar-refractivity contribution is 6.30. The largest absolute Gasteiger partial charge is 0.497 e. The van der Waals surface area contributed by atoms with Crippen LogP contribution in [0.15, 0.2) is 103 Å². The lowest BCUT2D eigenvalue weighted by atomic mass is 10.0. The summed E-state index contributed by atoms with van der Waals surface area (Å²) in [7, 11) is 1.63. The summed E-state index contributed by atoms with van der Waals surface area (Å²) in [6, 6.07) is 30.8. The van der Waals surface area contributed by atoms with Crippen molar-refractivity contribution in [3.63, 3.8) is 0 Å². The molecule has 0 saturated carbocycles. The first-order valence-corrected chi connectivity index (χ1v) is 13.4. The molecule has 0 radical (unpaired) electrons. The molecule has 5 nitrogen and oxygen atoms in total. The number of hydrogen-bond acceptors (Lipinski definition) is 3. The Labute approximate surface area is 239 Å². The smallest absolute Gasteiger partial charge is 0.247 e. The summed E-state index contributed by atoms with van der Waals surface area (Å²) in [5.74, 6) is 0.364. The van der Waals surface area contributed by atoms with Gasteiger partial charge in [-0.15, -0.1) is 0 Å². The molecule has 0 aromatic heterocycles. The minimum absolute atomic E-state index is 0.132. The second-order valence-electron chi connectivity index (χ2n) is 9.15. The van der Waals surface area contributed by atoms with Crippen LogP contribution < -0.4 is 10.1 Å². The van der Waals surface area contributed by atoms with E-state index >= 15 is 0 Å². The summed E-state index contributed by atoms with van der Waals surface area (Å²) in [5, 5.41) is 4.26. The zero-order valence-electron chi connectivity index (χ0n) is 21.6. The van der Waals surface area contributed by atoms with E-state index < -0.39 is 6.04 Å². The van der Waals surface area contributed by atoms with E-state index in [9.17, 15) is 9.59 Å². The highest BCUT2D eigenvalue weighted by Crippen LogP contribution is 2.26. The lowest BCUT2D eigenvalue weighted by Gasteiger charge is -2.32. The maximum Gasteiger partial charge on any atom is 0.247 e. The molecule has 1 atom stereocenters. The standard InChI is InChI=1S/C32H30Cl2N2O3/c1-39-29-17-11-23(12-18-29)19-20-35-32(38)31(26-5-3-2-4-6-26)36(22-25-9-15-28(34)16-10-25)30(37)21-24-7-13-27(33)14-8-24/h2-18,31H,19-22H2,1H3,(H,35,38)/t31-/m0/s1. The molecule has 1 N–H and O–H groups in total. The third-order valence-corrected chi connectivity index (χ3v) is 6.91. The first-order chi connectivity index (χ1) is 18.9. The van der Waals surface area contributed by atoms with Gasteiger partial charge in [-0.2, -0.15) is 0 Å². The second kappa shape index (κ2) is 13.8. The molecule has 4 aromatic carbocycles. The minimum Gasteiger partial charge on any atom is -0.497 e. The van der Waals surface area contributed by atoms with Gasteiger partial charge in [0.1, 0.15) is 11.8 Å². The van der Waals surface area contributed by atoms with Crippen LogP contribution in [0.4, 0.5) is 0 Å². The molecule has 200 valence electrons.